The maximum Gasteiger partial charge on any atom is 0.241 e. The molecule has 0 bridgehead atoms. The largest absolute Gasteiger partial charge is 0.347 e. The van der Waals surface area contributed by atoms with E-state index in [0.717, 1.165) is 45.2 Å². The van der Waals surface area contributed by atoms with Gasteiger partial charge in [0.05, 0.1) is 12.5 Å². The molecule has 1 saturated carbocycles. The average Bonchev–Trinajstić information content (AvgIpc) is 2.95. The lowest BCUT2D eigenvalue weighted by Gasteiger charge is -2.18. The lowest BCUT2D eigenvalue weighted by Crippen LogP contribution is -2.43. The van der Waals surface area contributed by atoms with Crippen LogP contribution in [0.5, 0.6) is 0 Å². The first-order valence-electron chi connectivity index (χ1n) is 6.49. The van der Waals surface area contributed by atoms with Crippen molar-refractivity contribution in [2.24, 2.45) is 11.7 Å². The molecule has 2 unspecified atom stereocenters. The third kappa shape index (κ3) is 3.59. The highest BCUT2D eigenvalue weighted by Crippen LogP contribution is 2.23. The summed E-state index contributed by atoms with van der Waals surface area (Å²) in [5, 5.41) is 2.72. The zero-order valence-electron chi connectivity index (χ0n) is 10.6. The Bertz CT molecular complexity index is 306. The van der Waals surface area contributed by atoms with Crippen molar-refractivity contribution in [3.05, 3.63) is 0 Å². The van der Waals surface area contributed by atoms with E-state index in [1.807, 2.05) is 4.90 Å². The van der Waals surface area contributed by atoms with Crippen LogP contribution < -0.4 is 11.1 Å². The van der Waals surface area contributed by atoms with Gasteiger partial charge in [0.15, 0.2) is 0 Å². The number of nitrogens with two attached hydrogens (primary N) is 1. The molecule has 104 valence electrons. The molecule has 1 saturated heterocycles. The molecule has 0 spiro atoms. The third-order valence-corrected chi connectivity index (χ3v) is 3.78. The van der Waals surface area contributed by atoms with Crippen molar-refractivity contribution in [1.29, 1.82) is 0 Å². The molecule has 0 radical (unpaired) electrons. The highest BCUT2D eigenvalue weighted by molar-refractivity contribution is 5.86. The summed E-state index contributed by atoms with van der Waals surface area (Å²) in [6, 6.07) is -0.0307. The van der Waals surface area contributed by atoms with Crippen LogP contribution in [0.2, 0.25) is 0 Å². The predicted octanol–water partition coefficient (Wildman–Crippen LogP) is 0.274. The van der Waals surface area contributed by atoms with Gasteiger partial charge in [-0.2, -0.15) is 0 Å². The summed E-state index contributed by atoms with van der Waals surface area (Å²) in [7, 11) is 0. The summed E-state index contributed by atoms with van der Waals surface area (Å²) < 4.78 is 0. The van der Waals surface area contributed by atoms with Crippen LogP contribution in [-0.4, -0.2) is 42.4 Å². The van der Waals surface area contributed by atoms with Gasteiger partial charge in [-0.1, -0.05) is 6.42 Å². The van der Waals surface area contributed by atoms with Crippen LogP contribution in [-0.2, 0) is 9.59 Å². The number of likely N-dealkylation sites (tertiary alicyclic amines) is 1. The maximum absolute atomic E-state index is 11.8. The summed E-state index contributed by atoms with van der Waals surface area (Å²) in [5.41, 5.74) is 5.85. The second kappa shape index (κ2) is 6.95. The normalized spacial score (nSPS) is 26.8. The number of hydrogen-bond donors (Lipinski definition) is 2. The van der Waals surface area contributed by atoms with Gasteiger partial charge < -0.3 is 16.0 Å². The first kappa shape index (κ1) is 15.2. The molecular formula is C12H22ClN3O2. The number of carbonyl (C=O) groups is 2. The van der Waals surface area contributed by atoms with Crippen LogP contribution in [0.1, 0.15) is 32.1 Å². The zero-order chi connectivity index (χ0) is 12.3. The molecule has 0 aromatic rings. The van der Waals surface area contributed by atoms with Gasteiger partial charge in [0, 0.05) is 19.1 Å². The summed E-state index contributed by atoms with van der Waals surface area (Å²) in [6.45, 7) is 1.79. The Morgan fingerprint density at radius 3 is 2.39 bits per heavy atom. The number of amides is 2. The van der Waals surface area contributed by atoms with Crippen LogP contribution in [0.3, 0.4) is 0 Å². The summed E-state index contributed by atoms with van der Waals surface area (Å²) in [4.78, 5) is 25.4. The highest BCUT2D eigenvalue weighted by atomic mass is 35.5. The summed E-state index contributed by atoms with van der Waals surface area (Å²) in [6.07, 6.45) is 4.93. The van der Waals surface area contributed by atoms with E-state index >= 15 is 0 Å². The molecule has 2 atom stereocenters. The molecule has 2 aliphatic rings. The van der Waals surface area contributed by atoms with Crippen molar-refractivity contribution in [1.82, 2.24) is 10.2 Å². The van der Waals surface area contributed by atoms with Crippen LogP contribution in [0, 0.1) is 5.92 Å². The Hall–Kier alpha value is -0.810. The van der Waals surface area contributed by atoms with Gasteiger partial charge in [0.2, 0.25) is 11.8 Å². The Morgan fingerprint density at radius 2 is 1.83 bits per heavy atom. The van der Waals surface area contributed by atoms with Crippen molar-refractivity contribution in [2.75, 3.05) is 19.6 Å². The molecule has 2 amide bonds. The molecular weight excluding hydrogens is 254 g/mol. The quantitative estimate of drug-likeness (QED) is 0.777. The van der Waals surface area contributed by atoms with E-state index in [9.17, 15) is 9.59 Å². The third-order valence-electron chi connectivity index (χ3n) is 3.78. The monoisotopic (exact) mass is 275 g/mol. The van der Waals surface area contributed by atoms with Crippen molar-refractivity contribution < 1.29 is 9.59 Å². The zero-order valence-corrected chi connectivity index (χ0v) is 11.4. The number of carbonyl (C=O) groups excluding carboxylic acids is 2. The Kier molecular flexibility index (Phi) is 5.88. The Labute approximate surface area is 114 Å². The van der Waals surface area contributed by atoms with Crippen molar-refractivity contribution in [2.45, 2.75) is 38.1 Å². The number of halogens is 1. The van der Waals surface area contributed by atoms with E-state index in [-0.39, 0.29) is 42.7 Å². The highest BCUT2D eigenvalue weighted by Gasteiger charge is 2.30. The van der Waals surface area contributed by atoms with E-state index < -0.39 is 0 Å². The van der Waals surface area contributed by atoms with Gasteiger partial charge in [0.1, 0.15) is 0 Å². The minimum atomic E-state index is -0.0959. The fourth-order valence-corrected chi connectivity index (χ4v) is 2.69. The molecule has 1 aliphatic heterocycles. The molecule has 1 aliphatic carbocycles. The summed E-state index contributed by atoms with van der Waals surface area (Å²) in [5.74, 6) is -0.119. The maximum atomic E-state index is 11.8. The molecule has 18 heavy (non-hydrogen) atoms. The molecule has 2 fully saturated rings. The molecule has 1 heterocycles. The summed E-state index contributed by atoms with van der Waals surface area (Å²) >= 11 is 0. The SMILES string of the molecule is Cl.NC1CCCC1C(=O)NCC(=O)N1CCCC1. The Balaban J connectivity index is 0.00000162. The molecule has 0 aromatic carbocycles. The van der Waals surface area contributed by atoms with Gasteiger partial charge >= 0.3 is 0 Å². The van der Waals surface area contributed by atoms with E-state index in [1.165, 1.54) is 0 Å². The fourth-order valence-electron chi connectivity index (χ4n) is 2.69. The molecule has 5 nitrogen and oxygen atoms in total. The van der Waals surface area contributed by atoms with Crippen molar-refractivity contribution in [3.8, 4) is 0 Å². The molecule has 0 aromatic heterocycles. The van der Waals surface area contributed by atoms with Gasteiger partial charge in [-0.25, -0.2) is 0 Å². The standard InChI is InChI=1S/C12H21N3O2.ClH/c13-10-5-3-4-9(10)12(17)14-8-11(16)15-6-1-2-7-15;/h9-10H,1-8,13H2,(H,14,17);1H. The van der Waals surface area contributed by atoms with Crippen LogP contribution in [0.15, 0.2) is 0 Å². The van der Waals surface area contributed by atoms with Crippen LogP contribution in [0.4, 0.5) is 0 Å². The fraction of sp³-hybridized carbons (Fsp3) is 0.833. The molecule has 2 rings (SSSR count). The van der Waals surface area contributed by atoms with E-state index in [4.69, 9.17) is 5.73 Å². The van der Waals surface area contributed by atoms with Gasteiger partial charge in [-0.05, 0) is 25.7 Å². The number of hydrogen-bond acceptors (Lipinski definition) is 3. The number of nitrogens with one attached hydrogen (secondary N) is 1. The van der Waals surface area contributed by atoms with E-state index in [0.29, 0.717) is 0 Å². The lowest BCUT2D eigenvalue weighted by molar-refractivity contribution is -0.133. The number of nitrogens with zero attached hydrogens (tertiary/aromatic N) is 1. The van der Waals surface area contributed by atoms with E-state index in [1.54, 1.807) is 0 Å². The minimum Gasteiger partial charge on any atom is -0.347 e. The lowest BCUT2D eigenvalue weighted by atomic mass is 10.0. The average molecular weight is 276 g/mol. The van der Waals surface area contributed by atoms with E-state index in [2.05, 4.69) is 5.32 Å². The van der Waals surface area contributed by atoms with Crippen molar-refractivity contribution >= 4 is 24.2 Å². The minimum absolute atomic E-state index is 0. The number of rotatable bonds is 3. The Morgan fingerprint density at radius 1 is 1.17 bits per heavy atom. The van der Waals surface area contributed by atoms with Crippen LogP contribution >= 0.6 is 12.4 Å². The molecule has 3 N–H and O–H groups in total. The molecule has 6 heteroatoms. The topological polar surface area (TPSA) is 75.4 Å². The first-order valence-corrected chi connectivity index (χ1v) is 6.49. The van der Waals surface area contributed by atoms with Gasteiger partial charge in [0.25, 0.3) is 0 Å². The van der Waals surface area contributed by atoms with Gasteiger partial charge in [-0.3, -0.25) is 9.59 Å². The second-order valence-electron chi connectivity index (χ2n) is 5.01. The predicted molar refractivity (Wildman–Crippen MR) is 71.4 cm³/mol. The second-order valence-corrected chi connectivity index (χ2v) is 5.01. The van der Waals surface area contributed by atoms with Crippen LogP contribution in [0.25, 0.3) is 0 Å². The van der Waals surface area contributed by atoms with Crippen molar-refractivity contribution in [3.63, 3.8) is 0 Å². The first-order chi connectivity index (χ1) is 8.18. The van der Waals surface area contributed by atoms with Gasteiger partial charge in [-0.15, -0.1) is 12.4 Å². The smallest absolute Gasteiger partial charge is 0.241 e.